The minimum atomic E-state index is 0.117. The van der Waals surface area contributed by atoms with Crippen molar-refractivity contribution in [2.24, 2.45) is 5.73 Å². The number of amides is 1. The predicted molar refractivity (Wildman–Crippen MR) is 105 cm³/mol. The molecule has 1 saturated heterocycles. The van der Waals surface area contributed by atoms with E-state index in [0.717, 1.165) is 66.1 Å². The summed E-state index contributed by atoms with van der Waals surface area (Å²) in [6, 6.07) is 14.1. The summed E-state index contributed by atoms with van der Waals surface area (Å²) in [5.41, 5.74) is 15.2. The van der Waals surface area contributed by atoms with Gasteiger partial charge < -0.3 is 16.1 Å². The lowest BCUT2D eigenvalue weighted by atomic mass is 9.95. The van der Waals surface area contributed by atoms with Crippen LogP contribution in [0.3, 0.4) is 0 Å². The Morgan fingerprint density at radius 1 is 1.15 bits per heavy atom. The lowest BCUT2D eigenvalue weighted by Crippen LogP contribution is -2.42. The van der Waals surface area contributed by atoms with Crippen molar-refractivity contribution in [2.45, 2.75) is 19.8 Å². The molecule has 0 atom stereocenters. The molecule has 1 amide bonds. The van der Waals surface area contributed by atoms with Crippen molar-refractivity contribution in [1.82, 2.24) is 10.3 Å². The van der Waals surface area contributed by atoms with E-state index in [0.29, 0.717) is 0 Å². The Morgan fingerprint density at radius 2 is 1.92 bits per heavy atom. The van der Waals surface area contributed by atoms with Gasteiger partial charge in [-0.2, -0.15) is 0 Å². The van der Waals surface area contributed by atoms with Gasteiger partial charge in [0.15, 0.2) is 0 Å². The molecule has 0 aromatic heterocycles. The summed E-state index contributed by atoms with van der Waals surface area (Å²) in [6.45, 7) is 4.75. The Hall–Kier alpha value is -2.95. The van der Waals surface area contributed by atoms with E-state index in [4.69, 9.17) is 5.73 Å². The number of carbonyl (C=O) groups is 1. The fraction of sp³-hybridized carbons (Fsp3) is 0.286. The van der Waals surface area contributed by atoms with Crippen LogP contribution in [0.2, 0.25) is 0 Å². The first-order valence-electron chi connectivity index (χ1n) is 9.21. The molecule has 2 aromatic carbocycles. The number of hydrogen-bond acceptors (Lipinski definition) is 4. The van der Waals surface area contributed by atoms with Gasteiger partial charge in [-0.1, -0.05) is 37.3 Å². The number of nitrogens with two attached hydrogens (primary N) is 1. The maximum atomic E-state index is 12.6. The SMILES string of the molecule is CCCN1NC=C(N)c2cccc(-c3cccc(C(=O)N4CCC4)c3)c21. The Morgan fingerprint density at radius 3 is 2.65 bits per heavy atom. The lowest BCUT2D eigenvalue weighted by Gasteiger charge is -2.33. The summed E-state index contributed by atoms with van der Waals surface area (Å²) in [5, 5.41) is 2.13. The van der Waals surface area contributed by atoms with Crippen molar-refractivity contribution < 1.29 is 4.79 Å². The number of nitrogens with zero attached hydrogens (tertiary/aromatic N) is 2. The minimum Gasteiger partial charge on any atom is -0.397 e. The van der Waals surface area contributed by atoms with Crippen LogP contribution in [0.5, 0.6) is 0 Å². The third kappa shape index (κ3) is 2.79. The van der Waals surface area contributed by atoms with E-state index in [1.165, 1.54) is 0 Å². The summed E-state index contributed by atoms with van der Waals surface area (Å²) < 4.78 is 0. The highest BCUT2D eigenvalue weighted by Crippen LogP contribution is 2.37. The van der Waals surface area contributed by atoms with Gasteiger partial charge in [-0.15, -0.1) is 0 Å². The molecule has 26 heavy (non-hydrogen) atoms. The fourth-order valence-electron chi connectivity index (χ4n) is 3.51. The normalized spacial score (nSPS) is 15.7. The minimum absolute atomic E-state index is 0.117. The van der Waals surface area contributed by atoms with Crippen molar-refractivity contribution in [3.8, 4) is 11.1 Å². The topological polar surface area (TPSA) is 61.6 Å². The first-order valence-corrected chi connectivity index (χ1v) is 9.21. The van der Waals surface area contributed by atoms with Gasteiger partial charge >= 0.3 is 0 Å². The smallest absolute Gasteiger partial charge is 0.253 e. The molecule has 5 nitrogen and oxygen atoms in total. The fourth-order valence-corrected chi connectivity index (χ4v) is 3.51. The average molecular weight is 348 g/mol. The molecule has 2 aliphatic heterocycles. The van der Waals surface area contributed by atoms with E-state index < -0.39 is 0 Å². The number of carbonyl (C=O) groups excluding carboxylic acids is 1. The van der Waals surface area contributed by atoms with Gasteiger partial charge in [-0.25, -0.2) is 0 Å². The molecule has 2 aliphatic rings. The number of nitrogens with one attached hydrogen (secondary N) is 1. The number of anilines is 1. The van der Waals surface area contributed by atoms with Crippen molar-refractivity contribution in [2.75, 3.05) is 24.6 Å². The average Bonchev–Trinajstić information content (AvgIpc) is 2.62. The van der Waals surface area contributed by atoms with Crippen LogP contribution in [0.1, 0.15) is 35.7 Å². The predicted octanol–water partition coefficient (Wildman–Crippen LogP) is 3.19. The molecule has 0 radical (unpaired) electrons. The van der Waals surface area contributed by atoms with Crippen LogP contribution in [0.4, 0.5) is 5.69 Å². The molecule has 0 unspecified atom stereocenters. The van der Waals surface area contributed by atoms with E-state index in [9.17, 15) is 4.79 Å². The van der Waals surface area contributed by atoms with E-state index in [1.54, 1.807) is 0 Å². The molecule has 4 rings (SSSR count). The van der Waals surface area contributed by atoms with Gasteiger partial charge in [0.25, 0.3) is 5.91 Å². The number of rotatable bonds is 4. The summed E-state index contributed by atoms with van der Waals surface area (Å²) in [5.74, 6) is 0.117. The van der Waals surface area contributed by atoms with Gasteiger partial charge in [0.1, 0.15) is 0 Å². The molecule has 0 saturated carbocycles. The zero-order valence-corrected chi connectivity index (χ0v) is 15.0. The van der Waals surface area contributed by atoms with Crippen LogP contribution in [0.25, 0.3) is 16.8 Å². The second-order valence-electron chi connectivity index (χ2n) is 6.81. The van der Waals surface area contributed by atoms with E-state index in [-0.39, 0.29) is 5.91 Å². The molecule has 0 aliphatic carbocycles. The Bertz CT molecular complexity index is 870. The molecular weight excluding hydrogens is 324 g/mol. The first-order chi connectivity index (χ1) is 12.7. The Kier molecular flexibility index (Phi) is 4.29. The second kappa shape index (κ2) is 6.75. The number of likely N-dealkylation sites (tertiary alicyclic amines) is 1. The molecule has 2 heterocycles. The van der Waals surface area contributed by atoms with Gasteiger partial charge in [0, 0.05) is 42.5 Å². The third-order valence-corrected chi connectivity index (χ3v) is 5.00. The number of hydrogen-bond donors (Lipinski definition) is 2. The first kappa shape index (κ1) is 16.5. The standard InChI is InChI=1S/C21H24N4O/c1-2-10-25-20-17(8-4-9-18(20)19(22)14-23-25)15-6-3-7-16(13-15)21(26)24-11-5-12-24/h3-4,6-9,13-14,23H,2,5,10-12,22H2,1H3. The van der Waals surface area contributed by atoms with Crippen molar-refractivity contribution in [3.63, 3.8) is 0 Å². The molecule has 5 heteroatoms. The van der Waals surface area contributed by atoms with Gasteiger partial charge in [0.05, 0.1) is 11.4 Å². The number of para-hydroxylation sites is 1. The van der Waals surface area contributed by atoms with Crippen LogP contribution in [0.15, 0.2) is 48.7 Å². The molecule has 0 spiro atoms. The molecule has 3 N–H and O–H groups in total. The highest BCUT2D eigenvalue weighted by Gasteiger charge is 2.24. The van der Waals surface area contributed by atoms with Crippen LogP contribution in [0, 0.1) is 0 Å². The van der Waals surface area contributed by atoms with E-state index >= 15 is 0 Å². The monoisotopic (exact) mass is 348 g/mol. The number of hydrazine groups is 1. The maximum Gasteiger partial charge on any atom is 0.253 e. The molecule has 2 aromatic rings. The Balaban J connectivity index is 1.78. The summed E-state index contributed by atoms with van der Waals surface area (Å²) in [4.78, 5) is 14.5. The summed E-state index contributed by atoms with van der Waals surface area (Å²) >= 11 is 0. The van der Waals surface area contributed by atoms with Crippen LogP contribution >= 0.6 is 0 Å². The van der Waals surface area contributed by atoms with Crippen molar-refractivity contribution >= 4 is 17.3 Å². The quantitative estimate of drug-likeness (QED) is 0.891. The zero-order chi connectivity index (χ0) is 18.1. The van der Waals surface area contributed by atoms with E-state index in [2.05, 4.69) is 29.5 Å². The van der Waals surface area contributed by atoms with Crippen molar-refractivity contribution in [1.29, 1.82) is 0 Å². The molecule has 1 fully saturated rings. The highest BCUT2D eigenvalue weighted by atomic mass is 16.2. The number of benzene rings is 2. The van der Waals surface area contributed by atoms with Gasteiger partial charge in [0.2, 0.25) is 0 Å². The largest absolute Gasteiger partial charge is 0.397 e. The van der Waals surface area contributed by atoms with Crippen LogP contribution in [-0.2, 0) is 0 Å². The second-order valence-corrected chi connectivity index (χ2v) is 6.81. The zero-order valence-electron chi connectivity index (χ0n) is 15.0. The molecule has 134 valence electrons. The van der Waals surface area contributed by atoms with Crippen LogP contribution < -0.4 is 16.2 Å². The molecular formula is C21H24N4O. The summed E-state index contributed by atoms with van der Waals surface area (Å²) in [6.07, 6.45) is 3.95. The Labute approximate surface area is 154 Å². The maximum absolute atomic E-state index is 12.6. The van der Waals surface area contributed by atoms with Gasteiger partial charge in [-0.05, 0) is 30.5 Å². The van der Waals surface area contributed by atoms with Gasteiger partial charge in [-0.3, -0.25) is 9.80 Å². The molecule has 0 bridgehead atoms. The number of fused-ring (bicyclic) bond motifs is 1. The third-order valence-electron chi connectivity index (χ3n) is 5.00. The van der Waals surface area contributed by atoms with E-state index in [1.807, 2.05) is 41.4 Å². The lowest BCUT2D eigenvalue weighted by molar-refractivity contribution is 0.0652. The van der Waals surface area contributed by atoms with Crippen LogP contribution in [-0.4, -0.2) is 30.4 Å². The highest BCUT2D eigenvalue weighted by molar-refractivity contribution is 5.97. The summed E-state index contributed by atoms with van der Waals surface area (Å²) in [7, 11) is 0. The van der Waals surface area contributed by atoms with Crippen molar-refractivity contribution in [3.05, 3.63) is 59.8 Å².